The van der Waals surface area contributed by atoms with Crippen LogP contribution in [0.25, 0.3) is 0 Å². The number of hydrogen-bond donors (Lipinski definition) is 1. The van der Waals surface area contributed by atoms with Crippen molar-refractivity contribution in [2.75, 3.05) is 38.3 Å². The fourth-order valence-electron chi connectivity index (χ4n) is 1.93. The average Bonchev–Trinajstić information content (AvgIpc) is 2.39. The summed E-state index contributed by atoms with van der Waals surface area (Å²) in [6.45, 7) is 8.45. The summed E-state index contributed by atoms with van der Waals surface area (Å²) >= 11 is 6.09. The summed E-state index contributed by atoms with van der Waals surface area (Å²) in [6.07, 6.45) is 1.13. The van der Waals surface area contributed by atoms with Crippen LogP contribution in [0.5, 0.6) is 0 Å². The molecule has 1 rings (SSSR count). The van der Waals surface area contributed by atoms with Crippen LogP contribution in [0.3, 0.4) is 0 Å². The molecule has 0 aliphatic rings. The van der Waals surface area contributed by atoms with Crippen LogP contribution < -0.4 is 10.2 Å². The molecule has 1 N–H and O–H groups in total. The molecule has 108 valence electrons. The monoisotopic (exact) mass is 284 g/mol. The highest BCUT2D eigenvalue weighted by molar-refractivity contribution is 6.30. The van der Waals surface area contributed by atoms with Gasteiger partial charge in [-0.15, -0.1) is 0 Å². The smallest absolute Gasteiger partial charge is 0.0641 e. The van der Waals surface area contributed by atoms with Gasteiger partial charge in [0.2, 0.25) is 0 Å². The van der Waals surface area contributed by atoms with Gasteiger partial charge >= 0.3 is 0 Å². The van der Waals surface area contributed by atoms with Crippen molar-refractivity contribution in [1.29, 1.82) is 0 Å². The normalized spacial score (nSPS) is 10.7. The lowest BCUT2D eigenvalue weighted by molar-refractivity contribution is 0.154. The van der Waals surface area contributed by atoms with Gasteiger partial charge in [-0.2, -0.15) is 0 Å². The zero-order valence-electron chi connectivity index (χ0n) is 12.2. The molecule has 0 unspecified atom stereocenters. The van der Waals surface area contributed by atoms with Crippen molar-refractivity contribution in [2.45, 2.75) is 26.8 Å². The molecule has 4 heteroatoms. The van der Waals surface area contributed by atoms with Crippen LogP contribution in [0, 0.1) is 0 Å². The van der Waals surface area contributed by atoms with E-state index in [4.69, 9.17) is 16.3 Å². The van der Waals surface area contributed by atoms with E-state index in [1.165, 1.54) is 11.3 Å². The third-order valence-corrected chi connectivity index (χ3v) is 3.21. The van der Waals surface area contributed by atoms with Gasteiger partial charge < -0.3 is 15.0 Å². The second-order valence-corrected chi connectivity index (χ2v) is 5.00. The Balaban J connectivity index is 2.68. The van der Waals surface area contributed by atoms with Gasteiger partial charge in [0.15, 0.2) is 0 Å². The van der Waals surface area contributed by atoms with Crippen molar-refractivity contribution < 1.29 is 4.74 Å². The second kappa shape index (κ2) is 9.18. The molecular weight excluding hydrogens is 260 g/mol. The van der Waals surface area contributed by atoms with Crippen molar-refractivity contribution in [1.82, 2.24) is 5.32 Å². The maximum absolute atomic E-state index is 6.09. The quantitative estimate of drug-likeness (QED) is 0.704. The van der Waals surface area contributed by atoms with E-state index in [9.17, 15) is 0 Å². The average molecular weight is 285 g/mol. The molecule has 0 fully saturated rings. The van der Waals surface area contributed by atoms with Crippen molar-refractivity contribution >= 4 is 17.3 Å². The molecule has 0 atom stereocenters. The first-order chi connectivity index (χ1) is 9.19. The van der Waals surface area contributed by atoms with Crippen LogP contribution in [-0.2, 0) is 11.3 Å². The topological polar surface area (TPSA) is 24.5 Å². The fourth-order valence-corrected chi connectivity index (χ4v) is 2.13. The Bertz CT molecular complexity index is 371. The second-order valence-electron chi connectivity index (χ2n) is 4.57. The Hall–Kier alpha value is -0.770. The minimum Gasteiger partial charge on any atom is -0.380 e. The molecule has 0 amide bonds. The maximum Gasteiger partial charge on any atom is 0.0641 e. The van der Waals surface area contributed by atoms with Crippen molar-refractivity contribution in [3.63, 3.8) is 0 Å². The van der Waals surface area contributed by atoms with E-state index < -0.39 is 0 Å². The minimum atomic E-state index is 0.747. The van der Waals surface area contributed by atoms with Gasteiger partial charge in [0.1, 0.15) is 0 Å². The number of likely N-dealkylation sites (N-methyl/N-ethyl adjacent to an activating group) is 1. The molecule has 19 heavy (non-hydrogen) atoms. The number of ether oxygens (including phenoxy) is 1. The van der Waals surface area contributed by atoms with E-state index in [2.05, 4.69) is 30.3 Å². The van der Waals surface area contributed by atoms with Crippen LogP contribution in [0.15, 0.2) is 18.2 Å². The van der Waals surface area contributed by atoms with Gasteiger partial charge in [-0.3, -0.25) is 0 Å². The highest BCUT2D eigenvalue weighted by Crippen LogP contribution is 2.23. The Labute approximate surface area is 121 Å². The summed E-state index contributed by atoms with van der Waals surface area (Å²) in [5.41, 5.74) is 2.45. The van der Waals surface area contributed by atoms with Gasteiger partial charge in [-0.05, 0) is 43.7 Å². The summed E-state index contributed by atoms with van der Waals surface area (Å²) in [6, 6.07) is 6.06. The third-order valence-electron chi connectivity index (χ3n) is 2.97. The maximum atomic E-state index is 6.09. The summed E-state index contributed by atoms with van der Waals surface area (Å²) < 4.78 is 5.40. The van der Waals surface area contributed by atoms with Crippen LogP contribution in [0.4, 0.5) is 5.69 Å². The van der Waals surface area contributed by atoms with Gasteiger partial charge in [-0.1, -0.05) is 18.5 Å². The molecule has 0 aliphatic heterocycles. The number of nitrogens with one attached hydrogen (secondary N) is 1. The molecule has 0 spiro atoms. The highest BCUT2D eigenvalue weighted by Gasteiger charge is 2.08. The lowest BCUT2D eigenvalue weighted by atomic mass is 10.1. The first kappa shape index (κ1) is 16.3. The summed E-state index contributed by atoms with van der Waals surface area (Å²) in [5, 5.41) is 4.21. The molecule has 0 aromatic heterocycles. The van der Waals surface area contributed by atoms with E-state index in [1.807, 2.05) is 19.1 Å². The first-order valence-corrected chi connectivity index (χ1v) is 7.34. The lowest BCUT2D eigenvalue weighted by Gasteiger charge is -2.23. The van der Waals surface area contributed by atoms with E-state index >= 15 is 0 Å². The Morgan fingerprint density at radius 3 is 2.79 bits per heavy atom. The van der Waals surface area contributed by atoms with Crippen molar-refractivity contribution in [3.8, 4) is 0 Å². The number of halogens is 1. The Morgan fingerprint density at radius 1 is 1.32 bits per heavy atom. The van der Waals surface area contributed by atoms with Crippen LogP contribution in [-0.4, -0.2) is 33.4 Å². The predicted molar refractivity (Wildman–Crippen MR) is 83.2 cm³/mol. The van der Waals surface area contributed by atoms with E-state index in [-0.39, 0.29) is 0 Å². The number of anilines is 1. The zero-order valence-corrected chi connectivity index (χ0v) is 13.0. The molecular formula is C15H25ClN2O. The molecule has 3 nitrogen and oxygen atoms in total. The number of nitrogens with zero attached hydrogens (tertiary/aromatic N) is 1. The molecule has 1 aromatic carbocycles. The van der Waals surface area contributed by atoms with Crippen LogP contribution >= 0.6 is 11.6 Å². The summed E-state index contributed by atoms with van der Waals surface area (Å²) in [4.78, 5) is 2.22. The largest absolute Gasteiger partial charge is 0.380 e. The Kier molecular flexibility index (Phi) is 7.87. The molecule has 0 aliphatic carbocycles. The number of rotatable bonds is 9. The molecule has 0 saturated heterocycles. The standard InChI is InChI=1S/C15H25ClN2O/c1-4-8-17-12-13-11-14(16)6-7-15(13)18(3)9-10-19-5-2/h6-7,11,17H,4-5,8-10,12H2,1-3H3. The number of hydrogen-bond acceptors (Lipinski definition) is 3. The summed E-state index contributed by atoms with van der Waals surface area (Å²) in [5.74, 6) is 0. The fraction of sp³-hybridized carbons (Fsp3) is 0.600. The molecule has 0 saturated carbocycles. The van der Waals surface area contributed by atoms with E-state index in [0.717, 1.165) is 44.3 Å². The third kappa shape index (κ3) is 5.81. The van der Waals surface area contributed by atoms with Crippen molar-refractivity contribution in [3.05, 3.63) is 28.8 Å². The molecule has 1 aromatic rings. The van der Waals surface area contributed by atoms with Gasteiger partial charge in [0, 0.05) is 37.5 Å². The SMILES string of the molecule is CCCNCc1cc(Cl)ccc1N(C)CCOCC. The van der Waals surface area contributed by atoms with Crippen LogP contribution in [0.2, 0.25) is 5.02 Å². The summed E-state index contributed by atoms with van der Waals surface area (Å²) in [7, 11) is 2.09. The zero-order chi connectivity index (χ0) is 14.1. The van der Waals surface area contributed by atoms with E-state index in [0.29, 0.717) is 0 Å². The molecule has 0 bridgehead atoms. The van der Waals surface area contributed by atoms with Crippen LogP contribution in [0.1, 0.15) is 25.8 Å². The highest BCUT2D eigenvalue weighted by atomic mass is 35.5. The van der Waals surface area contributed by atoms with Crippen molar-refractivity contribution in [2.24, 2.45) is 0 Å². The van der Waals surface area contributed by atoms with Gasteiger partial charge in [0.25, 0.3) is 0 Å². The minimum absolute atomic E-state index is 0.747. The van der Waals surface area contributed by atoms with Gasteiger partial charge in [-0.25, -0.2) is 0 Å². The first-order valence-electron chi connectivity index (χ1n) is 6.97. The molecule has 0 heterocycles. The Morgan fingerprint density at radius 2 is 2.11 bits per heavy atom. The van der Waals surface area contributed by atoms with E-state index in [1.54, 1.807) is 0 Å². The molecule has 0 radical (unpaired) electrons. The van der Waals surface area contributed by atoms with Gasteiger partial charge in [0.05, 0.1) is 6.61 Å². The lowest BCUT2D eigenvalue weighted by Crippen LogP contribution is -2.25. The predicted octanol–water partition coefficient (Wildman–Crippen LogP) is 3.31. The number of benzene rings is 1.